The second kappa shape index (κ2) is 2.98. The van der Waals surface area contributed by atoms with E-state index in [1.54, 1.807) is 6.92 Å². The van der Waals surface area contributed by atoms with Crippen LogP contribution in [0.4, 0.5) is 0 Å². The van der Waals surface area contributed by atoms with Gasteiger partial charge in [-0.25, -0.2) is 0 Å². The Morgan fingerprint density at radius 3 is 2.92 bits per heavy atom. The Morgan fingerprint density at radius 1 is 1.69 bits per heavy atom. The highest BCUT2D eigenvalue weighted by Crippen LogP contribution is 2.41. The van der Waals surface area contributed by atoms with E-state index in [-0.39, 0.29) is 5.78 Å². The van der Waals surface area contributed by atoms with Gasteiger partial charge in [0, 0.05) is 30.6 Å². The second-order valence-corrected chi connectivity index (χ2v) is 3.83. The average molecular weight is 178 g/mol. The molecule has 2 rings (SSSR count). The summed E-state index contributed by atoms with van der Waals surface area (Å²) in [5.41, 5.74) is 2.40. The van der Waals surface area contributed by atoms with Crippen LogP contribution < -0.4 is 0 Å². The van der Waals surface area contributed by atoms with Crippen LogP contribution in [0.15, 0.2) is 6.20 Å². The molecule has 1 aliphatic carbocycles. The van der Waals surface area contributed by atoms with Crippen molar-refractivity contribution in [3.63, 3.8) is 0 Å². The molecule has 1 aromatic rings. The number of carbonyl (C=O) groups excluding carboxylic acids is 1. The summed E-state index contributed by atoms with van der Waals surface area (Å²) in [4.78, 5) is 11.0. The van der Waals surface area contributed by atoms with E-state index in [2.05, 4.69) is 5.10 Å². The van der Waals surface area contributed by atoms with Crippen LogP contribution in [0, 0.1) is 0 Å². The van der Waals surface area contributed by atoms with Crippen LogP contribution in [0.25, 0.3) is 0 Å². The van der Waals surface area contributed by atoms with Gasteiger partial charge in [-0.3, -0.25) is 9.48 Å². The minimum absolute atomic E-state index is 0.218. The maximum absolute atomic E-state index is 11.0. The molecular weight excluding hydrogens is 164 g/mol. The Hall–Kier alpha value is -1.12. The molecule has 0 radical (unpaired) electrons. The first-order chi connectivity index (χ1) is 6.18. The number of aryl methyl sites for hydroxylation is 1. The molecule has 0 saturated heterocycles. The molecule has 0 atom stereocenters. The molecule has 1 aliphatic rings. The first kappa shape index (κ1) is 8.48. The second-order valence-electron chi connectivity index (χ2n) is 3.83. The smallest absolute Gasteiger partial charge is 0.134 e. The van der Waals surface area contributed by atoms with Crippen LogP contribution in [0.1, 0.15) is 36.9 Å². The fourth-order valence-electron chi connectivity index (χ4n) is 1.78. The van der Waals surface area contributed by atoms with E-state index in [9.17, 15) is 4.79 Å². The number of carbonyl (C=O) groups is 1. The molecule has 0 aromatic carbocycles. The van der Waals surface area contributed by atoms with Gasteiger partial charge < -0.3 is 0 Å². The number of Topliss-reactive ketones (excluding diaryl/α,β-unsaturated/α-hetero) is 1. The molecule has 3 heteroatoms. The Morgan fingerprint density at radius 2 is 2.38 bits per heavy atom. The zero-order valence-corrected chi connectivity index (χ0v) is 8.08. The first-order valence-corrected chi connectivity index (χ1v) is 4.68. The SMILES string of the molecule is CC(=O)Cc1cnn(C)c1C1CC1. The summed E-state index contributed by atoms with van der Waals surface area (Å²) in [5, 5.41) is 4.20. The Bertz CT molecular complexity index is 337. The van der Waals surface area contributed by atoms with Crippen LogP contribution in [0.2, 0.25) is 0 Å². The van der Waals surface area contributed by atoms with Crippen molar-refractivity contribution >= 4 is 5.78 Å². The molecule has 0 unspecified atom stereocenters. The van der Waals surface area contributed by atoms with Crippen molar-refractivity contribution in [2.24, 2.45) is 7.05 Å². The van der Waals surface area contributed by atoms with Gasteiger partial charge in [0.2, 0.25) is 0 Å². The van der Waals surface area contributed by atoms with E-state index in [1.165, 1.54) is 18.5 Å². The summed E-state index contributed by atoms with van der Waals surface area (Å²) >= 11 is 0. The topological polar surface area (TPSA) is 34.9 Å². The van der Waals surface area contributed by atoms with Crippen molar-refractivity contribution in [2.45, 2.75) is 32.1 Å². The highest BCUT2D eigenvalue weighted by Gasteiger charge is 2.29. The normalized spacial score (nSPS) is 16.2. The molecule has 70 valence electrons. The lowest BCUT2D eigenvalue weighted by Gasteiger charge is -2.01. The largest absolute Gasteiger partial charge is 0.300 e. The standard InChI is InChI=1S/C10H14N2O/c1-7(13)5-9-6-11-12(2)10(9)8-3-4-8/h6,8H,3-5H2,1-2H3. The monoisotopic (exact) mass is 178 g/mol. The third kappa shape index (κ3) is 1.64. The summed E-state index contributed by atoms with van der Waals surface area (Å²) in [6.07, 6.45) is 4.88. The summed E-state index contributed by atoms with van der Waals surface area (Å²) in [7, 11) is 1.96. The van der Waals surface area contributed by atoms with Crippen LogP contribution in [-0.2, 0) is 18.3 Å². The van der Waals surface area contributed by atoms with Gasteiger partial charge in [-0.1, -0.05) is 0 Å². The quantitative estimate of drug-likeness (QED) is 0.701. The molecule has 0 N–H and O–H groups in total. The lowest BCUT2D eigenvalue weighted by Crippen LogP contribution is -2.02. The summed E-state index contributed by atoms with van der Waals surface area (Å²) in [5.74, 6) is 0.886. The van der Waals surface area contributed by atoms with Crippen molar-refractivity contribution < 1.29 is 4.79 Å². The van der Waals surface area contributed by atoms with Gasteiger partial charge >= 0.3 is 0 Å². The molecule has 13 heavy (non-hydrogen) atoms. The number of hydrogen-bond acceptors (Lipinski definition) is 2. The molecule has 0 aliphatic heterocycles. The van der Waals surface area contributed by atoms with E-state index in [4.69, 9.17) is 0 Å². The van der Waals surface area contributed by atoms with E-state index < -0.39 is 0 Å². The Kier molecular flexibility index (Phi) is 1.94. The molecular formula is C10H14N2O. The fourth-order valence-corrected chi connectivity index (χ4v) is 1.78. The molecule has 0 bridgehead atoms. The minimum Gasteiger partial charge on any atom is -0.300 e. The Balaban J connectivity index is 2.28. The lowest BCUT2D eigenvalue weighted by atomic mass is 10.1. The summed E-state index contributed by atoms with van der Waals surface area (Å²) in [6.45, 7) is 1.63. The van der Waals surface area contributed by atoms with Crippen molar-refractivity contribution in [2.75, 3.05) is 0 Å². The van der Waals surface area contributed by atoms with Gasteiger partial charge in [-0.2, -0.15) is 5.10 Å². The molecule has 0 amide bonds. The zero-order valence-electron chi connectivity index (χ0n) is 8.08. The predicted molar refractivity (Wildman–Crippen MR) is 49.6 cm³/mol. The van der Waals surface area contributed by atoms with Gasteiger partial charge in [-0.15, -0.1) is 0 Å². The number of rotatable bonds is 3. The molecule has 3 nitrogen and oxygen atoms in total. The fraction of sp³-hybridized carbons (Fsp3) is 0.600. The van der Waals surface area contributed by atoms with Gasteiger partial charge in [0.25, 0.3) is 0 Å². The predicted octanol–water partition coefficient (Wildman–Crippen LogP) is 1.43. The highest BCUT2D eigenvalue weighted by molar-refractivity contribution is 5.78. The highest BCUT2D eigenvalue weighted by atomic mass is 16.1. The van der Waals surface area contributed by atoms with Crippen molar-refractivity contribution in [1.29, 1.82) is 0 Å². The molecule has 1 heterocycles. The number of aromatic nitrogens is 2. The molecule has 1 saturated carbocycles. The van der Waals surface area contributed by atoms with Gasteiger partial charge in [0.05, 0.1) is 6.20 Å². The van der Waals surface area contributed by atoms with Crippen LogP contribution in [0.3, 0.4) is 0 Å². The maximum Gasteiger partial charge on any atom is 0.134 e. The van der Waals surface area contributed by atoms with E-state index in [0.717, 1.165) is 5.56 Å². The lowest BCUT2D eigenvalue weighted by molar-refractivity contribution is -0.116. The van der Waals surface area contributed by atoms with Gasteiger partial charge in [0.1, 0.15) is 5.78 Å². The van der Waals surface area contributed by atoms with E-state index in [1.807, 2.05) is 17.9 Å². The van der Waals surface area contributed by atoms with Crippen molar-refractivity contribution in [3.8, 4) is 0 Å². The molecule has 1 aromatic heterocycles. The number of hydrogen-bond donors (Lipinski definition) is 0. The first-order valence-electron chi connectivity index (χ1n) is 4.68. The number of ketones is 1. The van der Waals surface area contributed by atoms with E-state index >= 15 is 0 Å². The third-order valence-electron chi connectivity index (χ3n) is 2.47. The minimum atomic E-state index is 0.218. The van der Waals surface area contributed by atoms with Crippen molar-refractivity contribution in [3.05, 3.63) is 17.5 Å². The van der Waals surface area contributed by atoms with Crippen LogP contribution in [-0.4, -0.2) is 15.6 Å². The molecule has 0 spiro atoms. The summed E-state index contributed by atoms with van der Waals surface area (Å²) in [6, 6.07) is 0. The van der Waals surface area contributed by atoms with Crippen molar-refractivity contribution in [1.82, 2.24) is 9.78 Å². The van der Waals surface area contributed by atoms with E-state index in [0.29, 0.717) is 12.3 Å². The maximum atomic E-state index is 11.0. The third-order valence-corrected chi connectivity index (χ3v) is 2.47. The van der Waals surface area contributed by atoms with Crippen LogP contribution >= 0.6 is 0 Å². The molecule has 1 fully saturated rings. The summed E-state index contributed by atoms with van der Waals surface area (Å²) < 4.78 is 1.91. The Labute approximate surface area is 77.7 Å². The van der Waals surface area contributed by atoms with Gasteiger partial charge in [0.15, 0.2) is 0 Å². The van der Waals surface area contributed by atoms with Crippen LogP contribution in [0.5, 0.6) is 0 Å². The van der Waals surface area contributed by atoms with Gasteiger partial charge in [-0.05, 0) is 19.8 Å². The zero-order chi connectivity index (χ0) is 9.42. The average Bonchev–Trinajstić information content (AvgIpc) is 2.79. The number of nitrogens with zero attached hydrogens (tertiary/aromatic N) is 2.